The average molecular weight is 308 g/mol. The van der Waals surface area contributed by atoms with Crippen LogP contribution in [0.2, 0.25) is 0 Å². The molecule has 2 nitrogen and oxygen atoms in total. The highest BCUT2D eigenvalue weighted by Crippen LogP contribution is 2.31. The number of rotatable bonds is 2. The van der Waals surface area contributed by atoms with E-state index in [0.29, 0.717) is 11.3 Å². The Balaban J connectivity index is 1.77. The fraction of sp³-hybridized carbons (Fsp3) is 0.105. The van der Waals surface area contributed by atoms with Crippen LogP contribution in [-0.2, 0) is 6.42 Å². The van der Waals surface area contributed by atoms with Crippen molar-refractivity contribution < 1.29 is 4.79 Å². The Morgan fingerprint density at radius 3 is 2.86 bits per heavy atom. The van der Waals surface area contributed by atoms with Crippen LogP contribution in [-0.4, -0.2) is 10.8 Å². The molecule has 0 radical (unpaired) electrons. The number of carbonyl (C=O) groups is 1. The molecule has 0 amide bonds. The summed E-state index contributed by atoms with van der Waals surface area (Å²) in [6.07, 6.45) is 2.82. The number of benzene rings is 2. The van der Waals surface area contributed by atoms with Crippen LogP contribution in [0.3, 0.4) is 0 Å². The van der Waals surface area contributed by atoms with E-state index in [1.807, 2.05) is 49.4 Å². The van der Waals surface area contributed by atoms with Crippen molar-refractivity contribution in [3.63, 3.8) is 0 Å². The van der Waals surface area contributed by atoms with Crippen molar-refractivity contribution >= 4 is 33.3 Å². The topological polar surface area (TPSA) is 32.9 Å². The maximum Gasteiger partial charge on any atom is 0.209 e. The molecule has 0 saturated heterocycles. The monoisotopic (exact) mass is 307 g/mol. The largest absolute Gasteiger partial charge is 0.352 e. The molecule has 4 rings (SSSR count). The summed E-state index contributed by atoms with van der Waals surface area (Å²) in [7, 11) is 0. The van der Waals surface area contributed by atoms with Crippen LogP contribution >= 0.6 is 11.6 Å². The summed E-state index contributed by atoms with van der Waals surface area (Å²) < 4.78 is 0. The molecular weight excluding hydrogens is 294 g/mol. The van der Waals surface area contributed by atoms with Crippen molar-refractivity contribution in [3.05, 3.63) is 76.5 Å². The van der Waals surface area contributed by atoms with Gasteiger partial charge in [0.1, 0.15) is 0 Å². The molecule has 1 aliphatic rings. The number of allylic oxidation sites excluding steroid dienone is 1. The maximum atomic E-state index is 12.7. The lowest BCUT2D eigenvalue weighted by atomic mass is 10.0. The van der Waals surface area contributed by atoms with Gasteiger partial charge >= 0.3 is 0 Å². The number of ketones is 1. The number of H-pyrrole nitrogens is 1. The minimum Gasteiger partial charge on any atom is -0.352 e. The van der Waals surface area contributed by atoms with Crippen molar-refractivity contribution in [1.82, 2.24) is 4.98 Å². The van der Waals surface area contributed by atoms with Gasteiger partial charge in [0.15, 0.2) is 0 Å². The highest BCUT2D eigenvalue weighted by molar-refractivity contribution is 6.49. The summed E-state index contributed by atoms with van der Waals surface area (Å²) in [6, 6.07) is 13.8. The Morgan fingerprint density at radius 2 is 2.00 bits per heavy atom. The van der Waals surface area contributed by atoms with Crippen LogP contribution in [0.15, 0.2) is 48.5 Å². The van der Waals surface area contributed by atoms with Crippen molar-refractivity contribution in [1.29, 1.82) is 0 Å². The van der Waals surface area contributed by atoms with E-state index in [0.717, 1.165) is 27.9 Å². The third-order valence-electron chi connectivity index (χ3n) is 4.15. The lowest BCUT2D eigenvalue weighted by molar-refractivity contribution is 0.103. The third kappa shape index (κ3) is 2.08. The highest BCUT2D eigenvalue weighted by atomic mass is 35.5. The van der Waals surface area contributed by atoms with Crippen LogP contribution in [0.1, 0.15) is 32.7 Å². The predicted octanol–water partition coefficient (Wildman–Crippen LogP) is 4.84. The van der Waals surface area contributed by atoms with Crippen LogP contribution < -0.4 is 0 Å². The Kier molecular flexibility index (Phi) is 2.95. The van der Waals surface area contributed by atoms with Gasteiger partial charge in [-0.25, -0.2) is 0 Å². The van der Waals surface area contributed by atoms with Gasteiger partial charge in [0.05, 0.1) is 5.69 Å². The van der Waals surface area contributed by atoms with Gasteiger partial charge in [0.25, 0.3) is 0 Å². The molecule has 0 saturated carbocycles. The summed E-state index contributed by atoms with van der Waals surface area (Å²) in [6.45, 7) is 2.04. The Morgan fingerprint density at radius 1 is 1.14 bits per heavy atom. The smallest absolute Gasteiger partial charge is 0.209 e. The summed E-state index contributed by atoms with van der Waals surface area (Å²) in [5, 5.41) is 1.79. The number of aryl methyl sites for hydroxylation is 1. The van der Waals surface area contributed by atoms with E-state index in [1.165, 1.54) is 11.1 Å². The van der Waals surface area contributed by atoms with Gasteiger partial charge in [-0.1, -0.05) is 41.4 Å². The van der Waals surface area contributed by atoms with Crippen LogP contribution in [0, 0.1) is 6.92 Å². The van der Waals surface area contributed by atoms with E-state index >= 15 is 0 Å². The quantitative estimate of drug-likeness (QED) is 0.675. The first-order valence-electron chi connectivity index (χ1n) is 7.25. The van der Waals surface area contributed by atoms with E-state index in [-0.39, 0.29) is 5.78 Å². The zero-order chi connectivity index (χ0) is 15.3. The molecule has 3 aromatic rings. The van der Waals surface area contributed by atoms with E-state index in [4.69, 9.17) is 11.6 Å². The number of aromatic nitrogens is 1. The molecular formula is C19H14ClNO. The summed E-state index contributed by atoms with van der Waals surface area (Å²) in [4.78, 5) is 15.9. The van der Waals surface area contributed by atoms with Crippen molar-refractivity contribution in [2.45, 2.75) is 13.3 Å². The fourth-order valence-electron chi connectivity index (χ4n) is 2.96. The molecule has 3 heteroatoms. The van der Waals surface area contributed by atoms with Crippen LogP contribution in [0.5, 0.6) is 0 Å². The molecule has 0 unspecified atom stereocenters. The third-order valence-corrected chi connectivity index (χ3v) is 4.51. The number of aromatic amines is 1. The second kappa shape index (κ2) is 4.85. The van der Waals surface area contributed by atoms with E-state index in [1.54, 1.807) is 0 Å². The van der Waals surface area contributed by atoms with E-state index in [2.05, 4.69) is 11.1 Å². The second-order valence-electron chi connectivity index (χ2n) is 5.73. The van der Waals surface area contributed by atoms with Gasteiger partial charge in [0.2, 0.25) is 5.78 Å². The highest BCUT2D eigenvalue weighted by Gasteiger charge is 2.17. The van der Waals surface area contributed by atoms with Gasteiger partial charge < -0.3 is 4.98 Å². The first kappa shape index (κ1) is 13.4. The first-order chi connectivity index (χ1) is 10.6. The van der Waals surface area contributed by atoms with Crippen LogP contribution in [0.4, 0.5) is 0 Å². The number of carbonyl (C=O) groups excluding carboxylic acids is 1. The Bertz CT molecular complexity index is 949. The molecule has 0 atom stereocenters. The predicted molar refractivity (Wildman–Crippen MR) is 90.4 cm³/mol. The lowest BCUT2D eigenvalue weighted by Gasteiger charge is -2.04. The van der Waals surface area contributed by atoms with Gasteiger partial charge in [-0.05, 0) is 48.7 Å². The molecule has 0 spiro atoms. The minimum absolute atomic E-state index is 0.00646. The Labute approximate surface area is 133 Å². The van der Waals surface area contributed by atoms with Crippen LogP contribution in [0.25, 0.3) is 15.9 Å². The van der Waals surface area contributed by atoms with E-state index < -0.39 is 0 Å². The summed E-state index contributed by atoms with van der Waals surface area (Å²) in [5.74, 6) is -0.00646. The van der Waals surface area contributed by atoms with Gasteiger partial charge in [0, 0.05) is 21.5 Å². The molecule has 1 aliphatic carbocycles. The number of fused-ring (bicyclic) bond motifs is 2. The zero-order valence-electron chi connectivity index (χ0n) is 12.1. The van der Waals surface area contributed by atoms with Crippen molar-refractivity contribution in [2.75, 3.05) is 0 Å². The van der Waals surface area contributed by atoms with Gasteiger partial charge in [-0.2, -0.15) is 0 Å². The SMILES string of the molecule is Cc1ccc2[nH]c(C(=O)c3ccc4c(c3)C(Cl)=CC4)cc2c1. The molecule has 0 bridgehead atoms. The van der Waals surface area contributed by atoms with Gasteiger partial charge in [-0.15, -0.1) is 0 Å². The molecule has 22 heavy (non-hydrogen) atoms. The molecule has 0 aliphatic heterocycles. The minimum atomic E-state index is -0.00646. The number of hydrogen-bond donors (Lipinski definition) is 1. The molecule has 1 heterocycles. The first-order valence-corrected chi connectivity index (χ1v) is 7.62. The normalized spacial score (nSPS) is 13.3. The Hall–Kier alpha value is -2.32. The number of nitrogens with one attached hydrogen (secondary N) is 1. The standard InChI is InChI=1S/C19H14ClNO/c1-11-2-7-17-14(8-11)10-18(21-17)19(22)13-4-3-12-5-6-16(20)15(12)9-13/h2-4,6-10,21H,5H2,1H3. The summed E-state index contributed by atoms with van der Waals surface area (Å²) in [5.41, 5.74) is 5.58. The fourth-order valence-corrected chi connectivity index (χ4v) is 3.21. The maximum absolute atomic E-state index is 12.7. The van der Waals surface area contributed by atoms with Gasteiger partial charge in [-0.3, -0.25) is 4.79 Å². The molecule has 1 N–H and O–H groups in total. The molecule has 0 fully saturated rings. The van der Waals surface area contributed by atoms with Crippen molar-refractivity contribution in [2.24, 2.45) is 0 Å². The number of halogens is 1. The second-order valence-corrected chi connectivity index (χ2v) is 6.14. The molecule has 2 aromatic carbocycles. The average Bonchev–Trinajstić information content (AvgIpc) is 3.10. The summed E-state index contributed by atoms with van der Waals surface area (Å²) >= 11 is 6.19. The zero-order valence-corrected chi connectivity index (χ0v) is 12.9. The molecule has 108 valence electrons. The van der Waals surface area contributed by atoms with E-state index in [9.17, 15) is 4.79 Å². The lowest BCUT2D eigenvalue weighted by Crippen LogP contribution is -2.02. The van der Waals surface area contributed by atoms with Crippen molar-refractivity contribution in [3.8, 4) is 0 Å². The molecule has 1 aromatic heterocycles. The number of hydrogen-bond acceptors (Lipinski definition) is 1.